The predicted octanol–water partition coefficient (Wildman–Crippen LogP) is 3.45. The molecule has 1 unspecified atom stereocenters. The molecule has 0 aromatic rings. The second kappa shape index (κ2) is 4.01. The molecule has 0 aromatic heterocycles. The van der Waals surface area contributed by atoms with Crippen molar-refractivity contribution in [3.05, 3.63) is 21.7 Å². The zero-order valence-corrected chi connectivity index (χ0v) is 9.58. The predicted molar refractivity (Wildman–Crippen MR) is 56.0 cm³/mol. The summed E-state index contributed by atoms with van der Waals surface area (Å²) in [5.41, 5.74) is 0.0387. The van der Waals surface area contributed by atoms with Crippen LogP contribution >= 0.6 is 46.4 Å². The van der Waals surface area contributed by atoms with Crippen molar-refractivity contribution in [3.8, 4) is 12.1 Å². The third-order valence-electron chi connectivity index (χ3n) is 1.68. The first-order chi connectivity index (χ1) is 6.44. The molecule has 0 aromatic carbocycles. The monoisotopic (exact) mass is 266 g/mol. The van der Waals surface area contributed by atoms with Crippen molar-refractivity contribution >= 4 is 46.4 Å². The molecule has 0 spiro atoms. The van der Waals surface area contributed by atoms with Crippen molar-refractivity contribution in [2.24, 2.45) is 5.92 Å². The maximum absolute atomic E-state index is 8.78. The van der Waals surface area contributed by atoms with Crippen LogP contribution in [0.4, 0.5) is 0 Å². The number of rotatable bonds is 0. The Labute approximate surface area is 101 Å². The smallest absolute Gasteiger partial charge is 0.158 e. The Balaban J connectivity index is 3.35. The number of nitrogens with zero attached hydrogens (tertiary/aromatic N) is 2. The number of hydrogen-bond acceptors (Lipinski definition) is 2. The number of allylic oxidation sites excluding steroid dienone is 4. The molecule has 0 bridgehead atoms. The number of halogens is 4. The molecule has 0 saturated heterocycles. The van der Waals surface area contributed by atoms with Gasteiger partial charge in [-0.15, -0.1) is 0 Å². The molecule has 0 fully saturated rings. The first-order valence-corrected chi connectivity index (χ1v) is 4.91. The van der Waals surface area contributed by atoms with E-state index in [2.05, 4.69) is 0 Å². The minimum absolute atomic E-state index is 0.0208. The van der Waals surface area contributed by atoms with Gasteiger partial charge in [0.25, 0.3) is 0 Å². The first kappa shape index (κ1) is 11.7. The molecule has 14 heavy (non-hydrogen) atoms. The van der Waals surface area contributed by atoms with E-state index in [-0.39, 0.29) is 15.6 Å². The van der Waals surface area contributed by atoms with E-state index in [9.17, 15) is 0 Å². The van der Waals surface area contributed by atoms with Crippen LogP contribution in [-0.4, -0.2) is 4.33 Å². The molecular weight excluding hydrogens is 266 g/mol. The molecule has 72 valence electrons. The van der Waals surface area contributed by atoms with E-state index < -0.39 is 10.3 Å². The topological polar surface area (TPSA) is 47.6 Å². The second-order valence-corrected chi connectivity index (χ2v) is 4.82. The van der Waals surface area contributed by atoms with Crippen LogP contribution < -0.4 is 0 Å². The van der Waals surface area contributed by atoms with Gasteiger partial charge in [0, 0.05) is 0 Å². The van der Waals surface area contributed by atoms with Gasteiger partial charge < -0.3 is 0 Å². The lowest BCUT2D eigenvalue weighted by Gasteiger charge is -2.25. The Morgan fingerprint density at radius 1 is 1.29 bits per heavy atom. The zero-order chi connectivity index (χ0) is 10.9. The van der Waals surface area contributed by atoms with Gasteiger partial charge in [0.1, 0.15) is 12.0 Å². The van der Waals surface area contributed by atoms with Gasteiger partial charge in [0.05, 0.1) is 21.7 Å². The number of hydrogen-bond donors (Lipinski definition) is 0. The van der Waals surface area contributed by atoms with Gasteiger partial charge in [-0.2, -0.15) is 10.5 Å². The minimum Gasteiger partial charge on any atom is -0.197 e. The lowest BCUT2D eigenvalue weighted by atomic mass is 9.96. The summed E-state index contributed by atoms with van der Waals surface area (Å²) >= 11 is 23.1. The summed E-state index contributed by atoms with van der Waals surface area (Å²) in [6.45, 7) is 0. The molecule has 0 N–H and O–H groups in total. The van der Waals surface area contributed by atoms with Crippen molar-refractivity contribution in [2.75, 3.05) is 0 Å². The Bertz CT molecular complexity index is 408. The van der Waals surface area contributed by atoms with E-state index in [0.717, 1.165) is 0 Å². The summed E-state index contributed by atoms with van der Waals surface area (Å²) in [6, 6.07) is 3.61. The molecule has 0 radical (unpaired) electrons. The summed E-state index contributed by atoms with van der Waals surface area (Å²) in [7, 11) is 0. The minimum atomic E-state index is -1.48. The highest BCUT2D eigenvalue weighted by Crippen LogP contribution is 2.45. The van der Waals surface area contributed by atoms with Crippen LogP contribution in [0.15, 0.2) is 21.7 Å². The summed E-state index contributed by atoms with van der Waals surface area (Å²) in [5.74, 6) is -0.968. The van der Waals surface area contributed by atoms with Gasteiger partial charge in [0.15, 0.2) is 4.33 Å². The molecule has 1 rings (SSSR count). The fourth-order valence-corrected chi connectivity index (χ4v) is 2.49. The van der Waals surface area contributed by atoms with Crippen molar-refractivity contribution in [1.82, 2.24) is 0 Å². The van der Waals surface area contributed by atoms with Crippen LogP contribution in [0.3, 0.4) is 0 Å². The molecule has 2 nitrogen and oxygen atoms in total. The van der Waals surface area contributed by atoms with Crippen LogP contribution in [0.25, 0.3) is 0 Å². The van der Waals surface area contributed by atoms with Crippen LogP contribution in [0, 0.1) is 28.6 Å². The fourth-order valence-electron chi connectivity index (χ4n) is 1.00. The Morgan fingerprint density at radius 3 is 2.29 bits per heavy atom. The third-order valence-corrected chi connectivity index (χ3v) is 3.04. The maximum Gasteiger partial charge on any atom is 0.158 e. The van der Waals surface area contributed by atoms with E-state index in [4.69, 9.17) is 56.9 Å². The summed E-state index contributed by atoms with van der Waals surface area (Å²) in [4.78, 5) is 0. The van der Waals surface area contributed by atoms with Crippen molar-refractivity contribution in [2.45, 2.75) is 4.33 Å². The van der Waals surface area contributed by atoms with E-state index in [1.165, 1.54) is 6.08 Å². The Kier molecular flexibility index (Phi) is 3.35. The molecule has 0 amide bonds. The second-order valence-electron chi connectivity index (χ2n) is 2.56. The Morgan fingerprint density at radius 2 is 1.86 bits per heavy atom. The SMILES string of the molecule is N#CC1=C(Cl)C(C#N)C(Cl)(Cl)C=C1Cl. The van der Waals surface area contributed by atoms with Crippen molar-refractivity contribution in [3.63, 3.8) is 0 Å². The molecule has 0 heterocycles. The van der Waals surface area contributed by atoms with E-state index in [1.807, 2.05) is 6.07 Å². The molecule has 0 saturated carbocycles. The fraction of sp³-hybridized carbons (Fsp3) is 0.250. The molecule has 1 atom stereocenters. The van der Waals surface area contributed by atoms with E-state index in [0.29, 0.717) is 0 Å². The zero-order valence-electron chi connectivity index (χ0n) is 6.56. The average molecular weight is 268 g/mol. The van der Waals surface area contributed by atoms with Crippen LogP contribution in [0.2, 0.25) is 0 Å². The first-order valence-electron chi connectivity index (χ1n) is 3.40. The Hall–Kier alpha value is -0.380. The van der Waals surface area contributed by atoms with Gasteiger partial charge in [-0.25, -0.2) is 0 Å². The third kappa shape index (κ3) is 1.85. The van der Waals surface area contributed by atoms with Gasteiger partial charge in [-0.1, -0.05) is 46.4 Å². The lowest BCUT2D eigenvalue weighted by Crippen LogP contribution is -2.26. The van der Waals surface area contributed by atoms with Gasteiger partial charge in [-0.3, -0.25) is 0 Å². The molecule has 1 aliphatic carbocycles. The standard InChI is InChI=1S/C8H2Cl4N2/c9-6-1-8(11,12)5(3-14)7(10)4(6)2-13/h1,5H. The summed E-state index contributed by atoms with van der Waals surface area (Å²) < 4.78 is -1.48. The normalized spacial score (nSPS) is 25.0. The lowest BCUT2D eigenvalue weighted by molar-refractivity contribution is 0.763. The maximum atomic E-state index is 8.78. The van der Waals surface area contributed by atoms with Crippen LogP contribution in [0.5, 0.6) is 0 Å². The van der Waals surface area contributed by atoms with Crippen molar-refractivity contribution < 1.29 is 0 Å². The van der Waals surface area contributed by atoms with Gasteiger partial charge in [0.2, 0.25) is 0 Å². The number of nitriles is 2. The summed E-state index contributed by atoms with van der Waals surface area (Å²) in [5, 5.41) is 17.5. The molecule has 1 aliphatic rings. The van der Waals surface area contributed by atoms with Crippen LogP contribution in [0.1, 0.15) is 0 Å². The molecular formula is C8H2Cl4N2. The molecule has 6 heteroatoms. The molecule has 0 aliphatic heterocycles. The van der Waals surface area contributed by atoms with Crippen molar-refractivity contribution in [1.29, 1.82) is 10.5 Å². The quantitative estimate of drug-likeness (QED) is 0.631. The highest BCUT2D eigenvalue weighted by Gasteiger charge is 2.41. The number of alkyl halides is 2. The van der Waals surface area contributed by atoms with Crippen LogP contribution in [-0.2, 0) is 0 Å². The highest BCUT2D eigenvalue weighted by atomic mass is 35.5. The largest absolute Gasteiger partial charge is 0.197 e. The van der Waals surface area contributed by atoms with Gasteiger partial charge in [-0.05, 0) is 6.08 Å². The van der Waals surface area contributed by atoms with E-state index in [1.54, 1.807) is 6.07 Å². The highest BCUT2D eigenvalue weighted by molar-refractivity contribution is 6.52. The average Bonchev–Trinajstić information content (AvgIpc) is 2.02. The van der Waals surface area contributed by atoms with E-state index >= 15 is 0 Å². The summed E-state index contributed by atoms with van der Waals surface area (Å²) in [6.07, 6.45) is 1.23. The van der Waals surface area contributed by atoms with Gasteiger partial charge >= 0.3 is 0 Å².